The molecule has 146 valence electrons. The van der Waals surface area contributed by atoms with Crippen LogP contribution in [0.5, 0.6) is 11.5 Å². The van der Waals surface area contributed by atoms with Crippen molar-refractivity contribution in [3.05, 3.63) is 63.9 Å². The molecule has 8 nitrogen and oxygen atoms in total. The predicted molar refractivity (Wildman–Crippen MR) is 108 cm³/mol. The number of benzene rings is 2. The number of fused-ring (bicyclic) bond motifs is 5. The minimum Gasteiger partial charge on any atom is -0.493 e. The topological polar surface area (TPSA) is 97.7 Å². The fourth-order valence-electron chi connectivity index (χ4n) is 4.10. The summed E-state index contributed by atoms with van der Waals surface area (Å²) in [5.41, 5.74) is 2.42. The number of nitrogens with zero attached hydrogens (tertiary/aromatic N) is 2. The number of nitrogens with one attached hydrogen (secondary N) is 2. The van der Waals surface area contributed by atoms with Gasteiger partial charge in [0.1, 0.15) is 5.82 Å². The maximum absolute atomic E-state index is 13.1. The summed E-state index contributed by atoms with van der Waals surface area (Å²) in [5, 5.41) is 2.88. The molecule has 1 unspecified atom stereocenters. The van der Waals surface area contributed by atoms with Crippen molar-refractivity contribution in [2.75, 3.05) is 19.5 Å². The summed E-state index contributed by atoms with van der Waals surface area (Å²) in [7, 11) is 3.10. The van der Waals surface area contributed by atoms with Crippen LogP contribution in [0.4, 0.5) is 5.82 Å². The van der Waals surface area contributed by atoms with Crippen molar-refractivity contribution in [3.8, 4) is 11.5 Å². The van der Waals surface area contributed by atoms with Crippen LogP contribution < -0.4 is 20.3 Å². The van der Waals surface area contributed by atoms with Gasteiger partial charge in [0.25, 0.3) is 5.56 Å². The Kier molecular flexibility index (Phi) is 3.80. The monoisotopic (exact) mass is 390 g/mol. The van der Waals surface area contributed by atoms with Crippen molar-refractivity contribution in [1.82, 2.24) is 14.4 Å². The first-order chi connectivity index (χ1) is 14.1. The van der Waals surface area contributed by atoms with E-state index in [1.807, 2.05) is 36.4 Å². The van der Waals surface area contributed by atoms with Crippen LogP contribution in [-0.2, 0) is 4.79 Å². The number of carbonyl (C=O) groups excluding carboxylic acids is 1. The molecule has 0 fully saturated rings. The molecule has 0 aliphatic carbocycles. The number of para-hydroxylation sites is 3. The predicted octanol–water partition coefficient (Wildman–Crippen LogP) is 2.67. The normalized spacial score (nSPS) is 15.9. The van der Waals surface area contributed by atoms with E-state index in [1.165, 1.54) is 0 Å². The second-order valence-electron chi connectivity index (χ2n) is 6.86. The van der Waals surface area contributed by atoms with Gasteiger partial charge >= 0.3 is 0 Å². The third kappa shape index (κ3) is 2.49. The lowest BCUT2D eigenvalue weighted by molar-refractivity contribution is -0.116. The summed E-state index contributed by atoms with van der Waals surface area (Å²) in [5.74, 6) is 1.20. The molecule has 0 spiro atoms. The Balaban J connectivity index is 1.85. The van der Waals surface area contributed by atoms with Crippen molar-refractivity contribution in [2.24, 2.45) is 0 Å². The van der Waals surface area contributed by atoms with Crippen molar-refractivity contribution < 1.29 is 14.3 Å². The second-order valence-corrected chi connectivity index (χ2v) is 6.86. The lowest BCUT2D eigenvalue weighted by atomic mass is 9.86. The van der Waals surface area contributed by atoms with Crippen molar-refractivity contribution >= 4 is 28.5 Å². The summed E-state index contributed by atoms with van der Waals surface area (Å²) < 4.78 is 12.7. The second kappa shape index (κ2) is 6.37. The molecule has 2 N–H and O–H groups in total. The Hall–Kier alpha value is -3.81. The molecule has 29 heavy (non-hydrogen) atoms. The summed E-state index contributed by atoms with van der Waals surface area (Å²) in [4.78, 5) is 33.1. The number of H-pyrrole nitrogens is 1. The number of rotatable bonds is 3. The van der Waals surface area contributed by atoms with Crippen LogP contribution in [0.2, 0.25) is 0 Å². The van der Waals surface area contributed by atoms with Gasteiger partial charge in [-0.25, -0.2) is 4.98 Å². The number of hydrogen-bond acceptors (Lipinski definition) is 5. The zero-order valence-corrected chi connectivity index (χ0v) is 15.9. The minimum atomic E-state index is -0.488. The largest absolute Gasteiger partial charge is 0.493 e. The van der Waals surface area contributed by atoms with Gasteiger partial charge in [0, 0.05) is 17.9 Å². The highest BCUT2D eigenvalue weighted by Crippen LogP contribution is 2.43. The van der Waals surface area contributed by atoms with Gasteiger partial charge in [-0.3, -0.25) is 19.0 Å². The maximum atomic E-state index is 13.1. The summed E-state index contributed by atoms with van der Waals surface area (Å²) in [6.07, 6.45) is 0.123. The lowest BCUT2D eigenvalue weighted by Crippen LogP contribution is -2.32. The zero-order chi connectivity index (χ0) is 20.1. The van der Waals surface area contributed by atoms with Gasteiger partial charge in [-0.15, -0.1) is 0 Å². The Morgan fingerprint density at radius 2 is 1.90 bits per heavy atom. The number of amides is 1. The molecule has 1 aliphatic heterocycles. The molecule has 5 rings (SSSR count). The summed E-state index contributed by atoms with van der Waals surface area (Å²) in [6, 6.07) is 13.0. The van der Waals surface area contributed by atoms with Crippen LogP contribution in [0, 0.1) is 0 Å². The highest BCUT2D eigenvalue weighted by molar-refractivity contribution is 5.96. The molecule has 2 aromatic heterocycles. The van der Waals surface area contributed by atoms with Crippen molar-refractivity contribution in [1.29, 1.82) is 0 Å². The molecule has 1 aliphatic rings. The SMILES string of the molecule is COc1cccc(C2CC(=O)Nc3c2c(=O)[nH]c2nc4ccccc4n32)c1OC. The van der Waals surface area contributed by atoms with Gasteiger partial charge in [-0.1, -0.05) is 24.3 Å². The zero-order valence-electron chi connectivity index (χ0n) is 15.9. The van der Waals surface area contributed by atoms with E-state index in [0.717, 1.165) is 16.6 Å². The Morgan fingerprint density at radius 1 is 1.07 bits per heavy atom. The third-order valence-electron chi connectivity index (χ3n) is 5.31. The van der Waals surface area contributed by atoms with E-state index >= 15 is 0 Å². The molecule has 0 saturated heterocycles. The van der Waals surface area contributed by atoms with Gasteiger partial charge in [0.05, 0.1) is 30.8 Å². The number of aromatic nitrogens is 3. The number of carbonyl (C=O) groups is 1. The molecule has 4 aromatic rings. The van der Waals surface area contributed by atoms with Gasteiger partial charge in [-0.05, 0) is 18.2 Å². The Bertz CT molecular complexity index is 1340. The molecular formula is C21H18N4O4. The molecule has 2 aromatic carbocycles. The van der Waals surface area contributed by atoms with Crippen LogP contribution in [-0.4, -0.2) is 34.5 Å². The fraction of sp³-hybridized carbons (Fsp3) is 0.190. The number of ether oxygens (including phenoxy) is 2. The quantitative estimate of drug-likeness (QED) is 0.561. The minimum absolute atomic E-state index is 0.123. The van der Waals surface area contributed by atoms with Crippen LogP contribution in [0.1, 0.15) is 23.5 Å². The van der Waals surface area contributed by atoms with E-state index in [1.54, 1.807) is 24.7 Å². The lowest BCUT2D eigenvalue weighted by Gasteiger charge is -2.27. The smallest absolute Gasteiger partial charge is 0.258 e. The molecule has 1 atom stereocenters. The summed E-state index contributed by atoms with van der Waals surface area (Å²) in [6.45, 7) is 0. The molecule has 1 amide bonds. The van der Waals surface area contributed by atoms with Gasteiger partial charge < -0.3 is 14.8 Å². The standard InChI is InChI=1S/C21H18N4O4/c1-28-15-9-5-6-11(18(15)29-2)12-10-16(26)23-19-17(12)20(27)24-21-22-13-7-3-4-8-14(13)25(19)21/h3-9,12H,10H2,1-2H3,(H,23,26)(H,22,24,27). The van der Waals surface area contributed by atoms with E-state index in [-0.39, 0.29) is 17.9 Å². The van der Waals surface area contributed by atoms with Crippen molar-refractivity contribution in [2.45, 2.75) is 12.3 Å². The van der Waals surface area contributed by atoms with E-state index in [4.69, 9.17) is 9.47 Å². The highest BCUT2D eigenvalue weighted by Gasteiger charge is 2.34. The fourth-order valence-corrected chi connectivity index (χ4v) is 4.10. The summed E-state index contributed by atoms with van der Waals surface area (Å²) >= 11 is 0. The first-order valence-corrected chi connectivity index (χ1v) is 9.16. The van der Waals surface area contributed by atoms with E-state index in [9.17, 15) is 9.59 Å². The van der Waals surface area contributed by atoms with E-state index in [2.05, 4.69) is 15.3 Å². The van der Waals surface area contributed by atoms with E-state index in [0.29, 0.717) is 28.7 Å². The van der Waals surface area contributed by atoms with Gasteiger partial charge in [-0.2, -0.15) is 0 Å². The molecule has 0 saturated carbocycles. The first-order valence-electron chi connectivity index (χ1n) is 9.16. The van der Waals surface area contributed by atoms with Gasteiger partial charge in [0.2, 0.25) is 11.7 Å². The van der Waals surface area contributed by atoms with Crippen LogP contribution in [0.15, 0.2) is 47.3 Å². The number of imidazole rings is 1. The number of anilines is 1. The van der Waals surface area contributed by atoms with Crippen LogP contribution >= 0.6 is 0 Å². The van der Waals surface area contributed by atoms with Crippen LogP contribution in [0.3, 0.4) is 0 Å². The average molecular weight is 390 g/mol. The molecule has 0 bridgehead atoms. The number of aromatic amines is 1. The Morgan fingerprint density at radius 3 is 2.69 bits per heavy atom. The molecular weight excluding hydrogens is 372 g/mol. The van der Waals surface area contributed by atoms with Crippen LogP contribution in [0.25, 0.3) is 16.8 Å². The van der Waals surface area contributed by atoms with Gasteiger partial charge in [0.15, 0.2) is 11.5 Å². The van der Waals surface area contributed by atoms with Crippen molar-refractivity contribution in [3.63, 3.8) is 0 Å². The highest BCUT2D eigenvalue weighted by atomic mass is 16.5. The Labute approximate surface area is 165 Å². The molecule has 0 radical (unpaired) electrons. The number of methoxy groups -OCH3 is 2. The molecule has 8 heteroatoms. The first kappa shape index (κ1) is 17.3. The molecule has 3 heterocycles. The third-order valence-corrected chi connectivity index (χ3v) is 5.31. The number of hydrogen-bond donors (Lipinski definition) is 2. The maximum Gasteiger partial charge on any atom is 0.258 e. The average Bonchev–Trinajstić information content (AvgIpc) is 3.10. The van der Waals surface area contributed by atoms with E-state index < -0.39 is 5.92 Å².